The zero-order valence-electron chi connectivity index (χ0n) is 24.8. The molecular formula is C32H46N2O8. The van der Waals surface area contributed by atoms with Gasteiger partial charge in [-0.3, -0.25) is 13.9 Å². The molecule has 42 heavy (non-hydrogen) atoms. The van der Waals surface area contributed by atoms with Crippen molar-refractivity contribution in [2.24, 2.45) is 0 Å². The third-order valence-electron chi connectivity index (χ3n) is 8.46. The maximum Gasteiger partial charge on any atom is 0.333 e. The van der Waals surface area contributed by atoms with Crippen molar-refractivity contribution < 1.29 is 28.8 Å². The molecule has 232 valence electrons. The molecule has 1 aromatic heterocycles. The largest absolute Gasteiger partial charge is 0.392 e. The Hall–Kier alpha value is -2.34. The molecule has 0 saturated carbocycles. The van der Waals surface area contributed by atoms with Gasteiger partial charge in [-0.15, -0.1) is 0 Å². The van der Waals surface area contributed by atoms with E-state index in [1.165, 1.54) is 10.1 Å². The number of rotatable bonds is 13. The van der Waals surface area contributed by atoms with Gasteiger partial charge in [0.1, 0.15) is 12.3 Å². The summed E-state index contributed by atoms with van der Waals surface area (Å²) < 4.78 is 33.3. The third kappa shape index (κ3) is 8.18. The summed E-state index contributed by atoms with van der Waals surface area (Å²) in [5, 5.41) is 9.22. The highest BCUT2D eigenvalue weighted by Crippen LogP contribution is 2.33. The summed E-state index contributed by atoms with van der Waals surface area (Å²) in [7, 11) is 0. The third-order valence-corrected chi connectivity index (χ3v) is 8.46. The molecule has 10 heteroatoms. The Morgan fingerprint density at radius 2 is 1.64 bits per heavy atom. The molecule has 4 heterocycles. The van der Waals surface area contributed by atoms with E-state index in [-0.39, 0.29) is 42.6 Å². The number of ether oxygens (including phenoxy) is 5. The van der Waals surface area contributed by atoms with Crippen LogP contribution in [0.2, 0.25) is 0 Å². The van der Waals surface area contributed by atoms with Gasteiger partial charge in [0.2, 0.25) is 0 Å². The molecule has 5 rings (SSSR count). The van der Waals surface area contributed by atoms with Crippen molar-refractivity contribution in [3.63, 3.8) is 0 Å². The number of aryl methyl sites for hydroxylation is 2. The van der Waals surface area contributed by atoms with E-state index in [1.807, 2.05) is 24.3 Å². The van der Waals surface area contributed by atoms with Gasteiger partial charge in [0.25, 0.3) is 5.56 Å². The molecule has 3 fully saturated rings. The van der Waals surface area contributed by atoms with Crippen LogP contribution in [-0.4, -0.2) is 58.8 Å². The predicted octanol–water partition coefficient (Wildman–Crippen LogP) is 3.97. The molecule has 0 radical (unpaired) electrons. The highest BCUT2D eigenvalue weighted by Gasteiger charge is 2.40. The van der Waals surface area contributed by atoms with E-state index < -0.39 is 6.23 Å². The molecule has 0 spiro atoms. The molecule has 10 nitrogen and oxygen atoms in total. The van der Waals surface area contributed by atoms with Gasteiger partial charge >= 0.3 is 5.69 Å². The Bertz CT molecular complexity index is 1230. The summed E-state index contributed by atoms with van der Waals surface area (Å²) in [5.41, 5.74) is 2.00. The Kier molecular flexibility index (Phi) is 11.4. The van der Waals surface area contributed by atoms with E-state index in [2.05, 4.69) is 0 Å². The lowest BCUT2D eigenvalue weighted by atomic mass is 10.1. The standard InChI is InChI=1S/C32H46N2O8/c1-23-20-34(32(37)33(31(23)36)16-6-2-3-9-24-12-14-25(21-35)15-13-24)28-19-26(42-30-11-5-8-18-39-30)27(41-28)22-40-29-10-4-7-17-38-29/h12-15,20,26-30,35H,2-11,16-19,21-22H2,1H3/t26-,27+,28+,29?,30?/m0/s1. The Morgan fingerprint density at radius 3 is 2.33 bits per heavy atom. The van der Waals surface area contributed by atoms with Crippen LogP contribution in [0.3, 0.4) is 0 Å². The maximum absolute atomic E-state index is 13.6. The van der Waals surface area contributed by atoms with Crippen LogP contribution in [0.25, 0.3) is 0 Å². The fourth-order valence-corrected chi connectivity index (χ4v) is 5.97. The average molecular weight is 587 g/mol. The van der Waals surface area contributed by atoms with Crippen molar-refractivity contribution in [2.75, 3.05) is 19.8 Å². The maximum atomic E-state index is 13.6. The molecule has 3 aliphatic heterocycles. The number of nitrogens with zero attached hydrogens (tertiary/aromatic N) is 2. The number of unbranched alkanes of at least 4 members (excludes halogenated alkanes) is 2. The Morgan fingerprint density at radius 1 is 0.929 bits per heavy atom. The lowest BCUT2D eigenvalue weighted by Crippen LogP contribution is -2.42. The van der Waals surface area contributed by atoms with Gasteiger partial charge in [-0.05, 0) is 75.8 Å². The van der Waals surface area contributed by atoms with Crippen LogP contribution in [0, 0.1) is 6.92 Å². The van der Waals surface area contributed by atoms with Gasteiger partial charge in [-0.1, -0.05) is 30.7 Å². The van der Waals surface area contributed by atoms with Crippen molar-refractivity contribution >= 4 is 0 Å². The van der Waals surface area contributed by atoms with E-state index in [0.717, 1.165) is 69.8 Å². The van der Waals surface area contributed by atoms with Crippen molar-refractivity contribution in [3.05, 3.63) is 68.0 Å². The topological polar surface area (TPSA) is 110 Å². The SMILES string of the molecule is Cc1cn([C@H]2C[C@H](OC3CCCCO3)[C@@H](COC3CCCCO3)O2)c(=O)n(CCCCCc2ccc(CO)cc2)c1=O. The first kappa shape index (κ1) is 31.1. The Balaban J connectivity index is 1.22. The first-order valence-corrected chi connectivity index (χ1v) is 15.7. The molecule has 0 amide bonds. The van der Waals surface area contributed by atoms with E-state index in [9.17, 15) is 14.7 Å². The van der Waals surface area contributed by atoms with Gasteiger partial charge in [-0.25, -0.2) is 4.79 Å². The van der Waals surface area contributed by atoms with Crippen LogP contribution in [0.1, 0.15) is 87.1 Å². The minimum Gasteiger partial charge on any atom is -0.392 e. The second-order valence-electron chi connectivity index (χ2n) is 11.7. The van der Waals surface area contributed by atoms with Gasteiger partial charge in [0.15, 0.2) is 12.6 Å². The predicted molar refractivity (Wildman–Crippen MR) is 156 cm³/mol. The summed E-state index contributed by atoms with van der Waals surface area (Å²) in [6.45, 7) is 3.82. The van der Waals surface area contributed by atoms with Crippen LogP contribution >= 0.6 is 0 Å². The lowest BCUT2D eigenvalue weighted by molar-refractivity contribution is -0.216. The van der Waals surface area contributed by atoms with Crippen molar-refractivity contribution in [1.29, 1.82) is 0 Å². The summed E-state index contributed by atoms with van der Waals surface area (Å²) in [6.07, 6.45) is 9.64. The molecule has 3 saturated heterocycles. The van der Waals surface area contributed by atoms with Crippen molar-refractivity contribution in [1.82, 2.24) is 9.13 Å². The first-order valence-electron chi connectivity index (χ1n) is 15.7. The summed E-state index contributed by atoms with van der Waals surface area (Å²) in [6, 6.07) is 7.95. The zero-order chi connectivity index (χ0) is 29.3. The average Bonchev–Trinajstić information content (AvgIpc) is 3.42. The monoisotopic (exact) mass is 586 g/mol. The van der Waals surface area contributed by atoms with Gasteiger partial charge < -0.3 is 28.8 Å². The molecule has 5 atom stereocenters. The number of aliphatic hydroxyl groups is 1. The van der Waals surface area contributed by atoms with E-state index in [0.29, 0.717) is 38.3 Å². The van der Waals surface area contributed by atoms with E-state index in [4.69, 9.17) is 23.7 Å². The van der Waals surface area contributed by atoms with E-state index >= 15 is 0 Å². The minimum absolute atomic E-state index is 0.0431. The molecule has 1 aromatic carbocycles. The summed E-state index contributed by atoms with van der Waals surface area (Å²) in [5.74, 6) is 0. The van der Waals surface area contributed by atoms with Gasteiger partial charge in [0.05, 0.1) is 19.3 Å². The number of aliphatic hydroxyl groups excluding tert-OH is 1. The van der Waals surface area contributed by atoms with Crippen molar-refractivity contribution in [3.8, 4) is 0 Å². The number of hydrogen-bond donors (Lipinski definition) is 1. The number of hydrogen-bond acceptors (Lipinski definition) is 8. The van der Waals surface area contributed by atoms with Crippen LogP contribution in [0.4, 0.5) is 0 Å². The minimum atomic E-state index is -0.570. The van der Waals surface area contributed by atoms with E-state index in [1.54, 1.807) is 17.7 Å². The normalized spacial score (nSPS) is 26.5. The molecule has 0 bridgehead atoms. The fourth-order valence-electron chi connectivity index (χ4n) is 5.97. The van der Waals surface area contributed by atoms with Gasteiger partial charge in [0, 0.05) is 37.9 Å². The molecule has 0 aliphatic carbocycles. The molecule has 3 aliphatic rings. The molecule has 2 aromatic rings. The zero-order valence-corrected chi connectivity index (χ0v) is 24.8. The summed E-state index contributed by atoms with van der Waals surface area (Å²) >= 11 is 0. The van der Waals surface area contributed by atoms with Crippen LogP contribution < -0.4 is 11.2 Å². The van der Waals surface area contributed by atoms with Crippen molar-refractivity contribution in [2.45, 2.75) is 122 Å². The Labute approximate surface area is 247 Å². The molecule has 1 N–H and O–H groups in total. The highest BCUT2D eigenvalue weighted by molar-refractivity contribution is 5.22. The quantitative estimate of drug-likeness (QED) is 0.351. The molecule has 2 unspecified atom stereocenters. The first-order chi connectivity index (χ1) is 20.5. The smallest absolute Gasteiger partial charge is 0.333 e. The second kappa shape index (κ2) is 15.4. The van der Waals surface area contributed by atoms with Crippen LogP contribution in [-0.2, 0) is 43.3 Å². The lowest BCUT2D eigenvalue weighted by Gasteiger charge is -2.29. The highest BCUT2D eigenvalue weighted by atomic mass is 16.7. The summed E-state index contributed by atoms with van der Waals surface area (Å²) in [4.78, 5) is 26.6. The number of aromatic nitrogens is 2. The molecular weight excluding hydrogens is 540 g/mol. The number of benzene rings is 1. The van der Waals surface area contributed by atoms with Crippen LogP contribution in [0.5, 0.6) is 0 Å². The van der Waals surface area contributed by atoms with Crippen LogP contribution in [0.15, 0.2) is 40.1 Å². The van der Waals surface area contributed by atoms with Gasteiger partial charge in [-0.2, -0.15) is 0 Å². The second-order valence-corrected chi connectivity index (χ2v) is 11.7. The fraction of sp³-hybridized carbons (Fsp3) is 0.688.